The molecule has 0 aromatic carbocycles. The van der Waals surface area contributed by atoms with Crippen molar-refractivity contribution in [3.05, 3.63) is 12.3 Å². The van der Waals surface area contributed by atoms with Gasteiger partial charge in [-0.05, 0) is 12.8 Å². The Kier molecular flexibility index (Phi) is 5.94. The number of rotatable bonds is 6. The molecule has 1 aliphatic heterocycles. The molecular weight excluding hydrogens is 336 g/mol. The number of amides is 1. The second kappa shape index (κ2) is 7.75. The Labute approximate surface area is 141 Å². The second-order valence-corrected chi connectivity index (χ2v) is 7.71. The molecule has 1 unspecified atom stereocenters. The smallest absolute Gasteiger partial charge is 0.319 e. The molecule has 24 heavy (non-hydrogen) atoms. The summed E-state index contributed by atoms with van der Waals surface area (Å²) in [6.45, 7) is 0.805. The van der Waals surface area contributed by atoms with Gasteiger partial charge in [0.15, 0.2) is 0 Å². The number of ether oxygens (including phenoxy) is 2. The van der Waals surface area contributed by atoms with Crippen LogP contribution in [0.3, 0.4) is 0 Å². The molecule has 1 aromatic heterocycles. The minimum Gasteiger partial charge on any atom is -0.472 e. The molecule has 0 radical (unpaired) electrons. The highest BCUT2D eigenvalue weighted by Crippen LogP contribution is 2.18. The minimum atomic E-state index is -3.38. The molecule has 0 N–H and O–H groups in total. The van der Waals surface area contributed by atoms with Crippen LogP contribution in [0.25, 0.3) is 0 Å². The average Bonchev–Trinajstić information content (AvgIpc) is 2.54. The molecule has 1 atom stereocenters. The second-order valence-electron chi connectivity index (χ2n) is 5.62. The fraction of sp³-hybridized carbons (Fsp3) is 0.643. The fourth-order valence-corrected chi connectivity index (χ4v) is 2.67. The van der Waals surface area contributed by atoms with Crippen molar-refractivity contribution in [3.63, 3.8) is 0 Å². The first-order chi connectivity index (χ1) is 11.3. The standard InChI is InChI=1S/C14H22N4O5S/c1-17(24(3,20)21)10-13(19)18-8-4-5-11(9-18)23-12-6-7-15-14(16-12)22-2/h6-7,11H,4-5,8-10H2,1-3H3. The number of hydrogen-bond acceptors (Lipinski definition) is 7. The maximum atomic E-state index is 12.3. The van der Waals surface area contributed by atoms with E-state index < -0.39 is 10.0 Å². The SMILES string of the molecule is COc1nccc(OC2CCCN(C(=O)CN(C)S(C)(=O)=O)C2)n1. The Balaban J connectivity index is 1.94. The van der Waals surface area contributed by atoms with E-state index in [1.807, 2.05) is 0 Å². The van der Waals surface area contributed by atoms with Gasteiger partial charge < -0.3 is 14.4 Å². The number of likely N-dealkylation sites (tertiary alicyclic amines) is 1. The van der Waals surface area contributed by atoms with Crippen LogP contribution in [-0.4, -0.2) is 79.6 Å². The summed E-state index contributed by atoms with van der Waals surface area (Å²) < 4.78 is 34.6. The number of hydrogen-bond donors (Lipinski definition) is 0. The molecule has 1 fully saturated rings. The zero-order chi connectivity index (χ0) is 17.7. The van der Waals surface area contributed by atoms with E-state index in [4.69, 9.17) is 9.47 Å². The van der Waals surface area contributed by atoms with Gasteiger partial charge in [0.1, 0.15) is 6.10 Å². The Morgan fingerprint density at radius 3 is 2.92 bits per heavy atom. The van der Waals surface area contributed by atoms with Crippen LogP contribution in [-0.2, 0) is 14.8 Å². The summed E-state index contributed by atoms with van der Waals surface area (Å²) in [5.74, 6) is 0.144. The molecule has 0 aliphatic carbocycles. The minimum absolute atomic E-state index is 0.174. The maximum absolute atomic E-state index is 12.3. The Morgan fingerprint density at radius 2 is 2.25 bits per heavy atom. The molecule has 1 amide bonds. The van der Waals surface area contributed by atoms with E-state index in [0.29, 0.717) is 19.0 Å². The van der Waals surface area contributed by atoms with E-state index in [1.165, 1.54) is 20.4 Å². The van der Waals surface area contributed by atoms with Gasteiger partial charge in [0, 0.05) is 25.9 Å². The van der Waals surface area contributed by atoms with Gasteiger partial charge in [-0.1, -0.05) is 0 Å². The summed E-state index contributed by atoms with van der Waals surface area (Å²) in [4.78, 5) is 21.9. The highest BCUT2D eigenvalue weighted by atomic mass is 32.2. The van der Waals surface area contributed by atoms with Gasteiger partial charge in [-0.3, -0.25) is 4.79 Å². The third-order valence-electron chi connectivity index (χ3n) is 3.73. The molecule has 2 rings (SSSR count). The number of nitrogens with zero attached hydrogens (tertiary/aromatic N) is 4. The Hall–Kier alpha value is -1.94. The van der Waals surface area contributed by atoms with E-state index in [2.05, 4.69) is 9.97 Å². The van der Waals surface area contributed by atoms with E-state index in [0.717, 1.165) is 23.4 Å². The first kappa shape index (κ1) is 18.4. The number of methoxy groups -OCH3 is 1. The molecule has 134 valence electrons. The molecule has 9 nitrogen and oxygen atoms in total. The fourth-order valence-electron chi connectivity index (χ4n) is 2.33. The van der Waals surface area contributed by atoms with Crippen LogP contribution in [0.4, 0.5) is 0 Å². The van der Waals surface area contributed by atoms with E-state index in [-0.39, 0.29) is 24.6 Å². The van der Waals surface area contributed by atoms with E-state index in [9.17, 15) is 13.2 Å². The largest absolute Gasteiger partial charge is 0.472 e. The van der Waals surface area contributed by atoms with Crippen molar-refractivity contribution >= 4 is 15.9 Å². The normalized spacial score (nSPS) is 18.5. The summed E-state index contributed by atoms with van der Waals surface area (Å²) in [6, 6.07) is 1.84. The lowest BCUT2D eigenvalue weighted by atomic mass is 10.1. The van der Waals surface area contributed by atoms with Crippen molar-refractivity contribution in [3.8, 4) is 11.9 Å². The highest BCUT2D eigenvalue weighted by molar-refractivity contribution is 7.88. The van der Waals surface area contributed by atoms with Crippen LogP contribution in [0.1, 0.15) is 12.8 Å². The molecule has 1 aliphatic rings. The van der Waals surface area contributed by atoms with E-state index >= 15 is 0 Å². The van der Waals surface area contributed by atoms with Gasteiger partial charge in [0.05, 0.1) is 26.5 Å². The summed E-state index contributed by atoms with van der Waals surface area (Å²) in [5, 5.41) is 0. The third kappa shape index (κ3) is 5.03. The van der Waals surface area contributed by atoms with Gasteiger partial charge >= 0.3 is 6.01 Å². The first-order valence-corrected chi connectivity index (χ1v) is 9.37. The highest BCUT2D eigenvalue weighted by Gasteiger charge is 2.27. The van der Waals surface area contributed by atoms with Gasteiger partial charge in [-0.2, -0.15) is 9.29 Å². The summed E-state index contributed by atoms with van der Waals surface area (Å²) in [7, 11) is -0.525. The number of carbonyl (C=O) groups excluding carboxylic acids is 1. The maximum Gasteiger partial charge on any atom is 0.319 e. The molecule has 0 bridgehead atoms. The van der Waals surface area contributed by atoms with Crippen molar-refractivity contribution in [2.45, 2.75) is 18.9 Å². The number of sulfonamides is 1. The van der Waals surface area contributed by atoms with Crippen LogP contribution in [0.5, 0.6) is 11.9 Å². The van der Waals surface area contributed by atoms with Crippen molar-refractivity contribution in [2.75, 3.05) is 40.0 Å². The molecule has 10 heteroatoms. The average molecular weight is 358 g/mol. The Bertz CT molecular complexity index is 681. The Morgan fingerprint density at radius 1 is 1.50 bits per heavy atom. The predicted octanol–water partition coefficient (Wildman–Crippen LogP) is -0.254. The lowest BCUT2D eigenvalue weighted by molar-refractivity contribution is -0.133. The van der Waals surface area contributed by atoms with Crippen LogP contribution in [0.2, 0.25) is 0 Å². The van der Waals surface area contributed by atoms with Crippen LogP contribution < -0.4 is 9.47 Å². The van der Waals surface area contributed by atoms with Crippen molar-refractivity contribution in [1.29, 1.82) is 0 Å². The molecular formula is C14H22N4O5S. The van der Waals surface area contributed by atoms with Gasteiger partial charge in [-0.25, -0.2) is 13.4 Å². The zero-order valence-electron chi connectivity index (χ0n) is 14.0. The van der Waals surface area contributed by atoms with Crippen molar-refractivity contribution in [2.24, 2.45) is 0 Å². The van der Waals surface area contributed by atoms with E-state index in [1.54, 1.807) is 11.0 Å². The first-order valence-electron chi connectivity index (χ1n) is 7.52. The van der Waals surface area contributed by atoms with Gasteiger partial charge in [0.25, 0.3) is 0 Å². The van der Waals surface area contributed by atoms with Gasteiger partial charge in [0.2, 0.25) is 21.8 Å². The summed E-state index contributed by atoms with van der Waals surface area (Å²) in [5.41, 5.74) is 0. The zero-order valence-corrected chi connectivity index (χ0v) is 14.8. The third-order valence-corrected chi connectivity index (χ3v) is 4.99. The van der Waals surface area contributed by atoms with Crippen LogP contribution in [0.15, 0.2) is 12.3 Å². The lowest BCUT2D eigenvalue weighted by Crippen LogP contribution is -2.48. The molecule has 1 aromatic rings. The van der Waals surface area contributed by atoms with Gasteiger partial charge in [-0.15, -0.1) is 0 Å². The summed E-state index contributed by atoms with van der Waals surface area (Å²) in [6.07, 6.45) is 3.98. The van der Waals surface area contributed by atoms with Crippen LogP contribution >= 0.6 is 0 Å². The quantitative estimate of drug-likeness (QED) is 0.691. The summed E-state index contributed by atoms with van der Waals surface area (Å²) >= 11 is 0. The monoisotopic (exact) mass is 358 g/mol. The lowest BCUT2D eigenvalue weighted by Gasteiger charge is -2.33. The molecule has 0 saturated carbocycles. The molecule has 2 heterocycles. The van der Waals surface area contributed by atoms with Crippen molar-refractivity contribution in [1.82, 2.24) is 19.2 Å². The number of piperidine rings is 1. The number of aromatic nitrogens is 2. The van der Waals surface area contributed by atoms with Crippen molar-refractivity contribution < 1.29 is 22.7 Å². The number of likely N-dealkylation sites (N-methyl/N-ethyl adjacent to an activating group) is 1. The molecule has 1 saturated heterocycles. The van der Waals surface area contributed by atoms with Crippen LogP contribution in [0, 0.1) is 0 Å². The topological polar surface area (TPSA) is 102 Å². The predicted molar refractivity (Wildman–Crippen MR) is 86.3 cm³/mol. The number of carbonyl (C=O) groups is 1. The molecule has 0 spiro atoms.